The molecule has 10 nitrogen and oxygen atoms in total. The second kappa shape index (κ2) is 8.40. The lowest BCUT2D eigenvalue weighted by Gasteiger charge is -2.22. The lowest BCUT2D eigenvalue weighted by Crippen LogP contribution is -2.52. The molecule has 3 atom stereocenters. The van der Waals surface area contributed by atoms with Crippen LogP contribution >= 0.6 is 0 Å². The summed E-state index contributed by atoms with van der Waals surface area (Å²) < 4.78 is 1.29. The highest BCUT2D eigenvalue weighted by Gasteiger charge is 2.29. The molecule has 2 aliphatic heterocycles. The Labute approximate surface area is 156 Å². The first kappa shape index (κ1) is 19.2. The minimum absolute atomic E-state index is 0.0918. The summed E-state index contributed by atoms with van der Waals surface area (Å²) in [6, 6.07) is -1.88. The molecular weight excluding hydrogens is 352 g/mol. The molecule has 0 saturated carbocycles. The fraction of sp³-hybridized carbons (Fsp3) is 0.588. The number of nitrogens with one attached hydrogen (secondary N) is 3. The number of hydrogen-bond acceptors (Lipinski definition) is 7. The van der Waals surface area contributed by atoms with Crippen molar-refractivity contribution >= 4 is 23.6 Å². The normalized spacial score (nSPS) is 23.5. The van der Waals surface area contributed by atoms with E-state index in [1.165, 1.54) is 17.1 Å². The summed E-state index contributed by atoms with van der Waals surface area (Å²) in [7, 11) is 0. The van der Waals surface area contributed by atoms with Gasteiger partial charge < -0.3 is 16.4 Å². The number of hydrogen-bond donors (Lipinski definition) is 4. The van der Waals surface area contributed by atoms with Crippen LogP contribution in [-0.4, -0.2) is 57.9 Å². The van der Waals surface area contributed by atoms with Crippen molar-refractivity contribution in [2.24, 2.45) is 5.73 Å². The molecule has 3 amide bonds. The first-order chi connectivity index (χ1) is 12.9. The van der Waals surface area contributed by atoms with E-state index >= 15 is 0 Å². The highest BCUT2D eigenvalue weighted by atomic mass is 16.2. The van der Waals surface area contributed by atoms with E-state index in [1.54, 1.807) is 0 Å². The standard InChI is InChI=1S/C17H24N6O4/c18-11(15(25)22-16(26)12-3-1-2-6-19-12)7-10-8-23(9-20-10)17(27)13-4-5-14(24)21-13/h8-9,11-13,19H,1-7,18H2,(H,21,24)(H,22,25,26)/t11-,12?,13-/m0/s1. The largest absolute Gasteiger partial charge is 0.344 e. The third kappa shape index (κ3) is 4.77. The van der Waals surface area contributed by atoms with Crippen LogP contribution in [0.25, 0.3) is 0 Å². The maximum absolute atomic E-state index is 12.3. The first-order valence-corrected chi connectivity index (χ1v) is 9.14. The molecule has 27 heavy (non-hydrogen) atoms. The van der Waals surface area contributed by atoms with Gasteiger partial charge in [-0.05, 0) is 25.8 Å². The molecule has 2 fully saturated rings. The lowest BCUT2D eigenvalue weighted by molar-refractivity contribution is -0.132. The van der Waals surface area contributed by atoms with Crippen LogP contribution in [0.5, 0.6) is 0 Å². The van der Waals surface area contributed by atoms with Gasteiger partial charge in [0.15, 0.2) is 0 Å². The van der Waals surface area contributed by atoms with Gasteiger partial charge in [0, 0.05) is 19.0 Å². The summed E-state index contributed by atoms with van der Waals surface area (Å²) in [5, 5.41) is 8.01. The average molecular weight is 376 g/mol. The number of carbonyl (C=O) groups is 4. The van der Waals surface area contributed by atoms with Crippen LogP contribution < -0.4 is 21.7 Å². The molecule has 146 valence electrons. The molecular formula is C17H24N6O4. The van der Waals surface area contributed by atoms with Crippen molar-refractivity contribution in [3.8, 4) is 0 Å². The molecule has 3 rings (SSSR count). The van der Waals surface area contributed by atoms with E-state index < -0.39 is 18.0 Å². The predicted octanol–water partition coefficient (Wildman–Crippen LogP) is -1.54. The zero-order valence-corrected chi connectivity index (χ0v) is 14.9. The summed E-state index contributed by atoms with van der Waals surface area (Å²) in [5.41, 5.74) is 6.33. The number of aromatic nitrogens is 2. The van der Waals surface area contributed by atoms with Gasteiger partial charge in [0.2, 0.25) is 17.7 Å². The van der Waals surface area contributed by atoms with Crippen molar-refractivity contribution in [3.05, 3.63) is 18.2 Å². The summed E-state index contributed by atoms with van der Waals surface area (Å²) >= 11 is 0. The van der Waals surface area contributed by atoms with Crippen LogP contribution in [0.3, 0.4) is 0 Å². The minimum Gasteiger partial charge on any atom is -0.344 e. The fourth-order valence-corrected chi connectivity index (χ4v) is 3.26. The molecule has 0 radical (unpaired) electrons. The summed E-state index contributed by atoms with van der Waals surface area (Å²) in [5.74, 6) is -1.37. The van der Waals surface area contributed by atoms with E-state index in [0.29, 0.717) is 25.0 Å². The van der Waals surface area contributed by atoms with Crippen LogP contribution in [0.15, 0.2) is 12.5 Å². The SMILES string of the molecule is N[C@@H](Cc1cn(C(=O)[C@@H]2CCC(=O)N2)cn1)C(=O)NC(=O)C1CCCCN1. The van der Waals surface area contributed by atoms with Crippen molar-refractivity contribution in [2.75, 3.05) is 6.54 Å². The predicted molar refractivity (Wildman–Crippen MR) is 94.5 cm³/mol. The second-order valence-electron chi connectivity index (χ2n) is 6.94. The smallest absolute Gasteiger partial charge is 0.254 e. The molecule has 0 bridgehead atoms. The molecule has 0 aliphatic carbocycles. The van der Waals surface area contributed by atoms with Gasteiger partial charge >= 0.3 is 0 Å². The van der Waals surface area contributed by atoms with Gasteiger partial charge in [-0.15, -0.1) is 0 Å². The molecule has 5 N–H and O–H groups in total. The van der Waals surface area contributed by atoms with Crippen molar-refractivity contribution in [1.29, 1.82) is 0 Å². The van der Waals surface area contributed by atoms with E-state index in [2.05, 4.69) is 20.9 Å². The van der Waals surface area contributed by atoms with Crippen LogP contribution in [-0.2, 0) is 20.8 Å². The fourth-order valence-electron chi connectivity index (χ4n) is 3.26. The van der Waals surface area contributed by atoms with Gasteiger partial charge in [0.1, 0.15) is 12.4 Å². The Hall–Kier alpha value is -2.59. The van der Waals surface area contributed by atoms with Crippen molar-refractivity contribution < 1.29 is 19.2 Å². The van der Waals surface area contributed by atoms with Crippen molar-refractivity contribution in [2.45, 2.75) is 56.7 Å². The van der Waals surface area contributed by atoms with Crippen LogP contribution in [0.4, 0.5) is 0 Å². The van der Waals surface area contributed by atoms with Gasteiger partial charge in [-0.1, -0.05) is 6.42 Å². The minimum atomic E-state index is -0.956. The zero-order valence-electron chi connectivity index (χ0n) is 14.9. The number of nitrogens with zero attached hydrogens (tertiary/aromatic N) is 2. The Bertz CT molecular complexity index is 740. The van der Waals surface area contributed by atoms with Gasteiger partial charge in [-0.25, -0.2) is 4.98 Å². The average Bonchev–Trinajstić information content (AvgIpc) is 3.31. The summed E-state index contributed by atoms with van der Waals surface area (Å²) in [4.78, 5) is 51.9. The second-order valence-corrected chi connectivity index (χ2v) is 6.94. The van der Waals surface area contributed by atoms with Gasteiger partial charge in [0.05, 0.1) is 17.8 Å². The summed E-state index contributed by atoms with van der Waals surface area (Å²) in [6.45, 7) is 0.755. The monoisotopic (exact) mass is 376 g/mol. The number of rotatable bonds is 5. The zero-order chi connectivity index (χ0) is 19.4. The molecule has 0 spiro atoms. The highest BCUT2D eigenvalue weighted by molar-refractivity contribution is 6.00. The first-order valence-electron chi connectivity index (χ1n) is 9.14. The number of nitrogens with two attached hydrogens (primary N) is 1. The van der Waals surface area contributed by atoms with E-state index in [4.69, 9.17) is 5.73 Å². The quantitative estimate of drug-likeness (QED) is 0.486. The van der Waals surface area contributed by atoms with Crippen LogP contribution in [0.2, 0.25) is 0 Å². The molecule has 2 aliphatic rings. The van der Waals surface area contributed by atoms with Crippen molar-refractivity contribution in [3.63, 3.8) is 0 Å². The van der Waals surface area contributed by atoms with E-state index in [0.717, 1.165) is 19.4 Å². The maximum Gasteiger partial charge on any atom is 0.254 e. The van der Waals surface area contributed by atoms with Gasteiger partial charge in [-0.3, -0.25) is 29.1 Å². The Balaban J connectivity index is 1.51. The third-order valence-electron chi connectivity index (χ3n) is 4.82. The number of carbonyl (C=O) groups excluding carboxylic acids is 4. The highest BCUT2D eigenvalue weighted by Crippen LogP contribution is 2.10. The number of imidazole rings is 1. The van der Waals surface area contributed by atoms with E-state index in [-0.39, 0.29) is 30.2 Å². The van der Waals surface area contributed by atoms with Crippen molar-refractivity contribution in [1.82, 2.24) is 25.5 Å². The molecule has 3 heterocycles. The van der Waals surface area contributed by atoms with Gasteiger partial charge in [-0.2, -0.15) is 0 Å². The molecule has 0 aromatic carbocycles. The maximum atomic E-state index is 12.3. The molecule has 10 heteroatoms. The molecule has 1 aromatic heterocycles. The molecule has 2 saturated heterocycles. The Kier molecular flexibility index (Phi) is 5.97. The summed E-state index contributed by atoms with van der Waals surface area (Å²) in [6.07, 6.45) is 6.35. The van der Waals surface area contributed by atoms with E-state index in [1.807, 2.05) is 0 Å². The Morgan fingerprint density at radius 2 is 2.11 bits per heavy atom. The topological polar surface area (TPSA) is 148 Å². The lowest BCUT2D eigenvalue weighted by atomic mass is 10.0. The Morgan fingerprint density at radius 1 is 1.30 bits per heavy atom. The van der Waals surface area contributed by atoms with Crippen LogP contribution in [0, 0.1) is 0 Å². The third-order valence-corrected chi connectivity index (χ3v) is 4.82. The molecule has 1 aromatic rings. The number of amides is 3. The van der Waals surface area contributed by atoms with E-state index in [9.17, 15) is 19.2 Å². The number of piperidine rings is 1. The molecule has 1 unspecified atom stereocenters. The Morgan fingerprint density at radius 3 is 2.78 bits per heavy atom. The van der Waals surface area contributed by atoms with Crippen LogP contribution in [0.1, 0.15) is 42.6 Å². The van der Waals surface area contributed by atoms with Gasteiger partial charge in [0.25, 0.3) is 5.91 Å². The number of imide groups is 1.